The van der Waals surface area contributed by atoms with Gasteiger partial charge >= 0.3 is 0 Å². The van der Waals surface area contributed by atoms with E-state index in [9.17, 15) is 4.79 Å². The van der Waals surface area contributed by atoms with Crippen LogP contribution >= 0.6 is 0 Å². The lowest BCUT2D eigenvalue weighted by Crippen LogP contribution is -2.29. The van der Waals surface area contributed by atoms with Crippen LogP contribution in [0.4, 0.5) is 0 Å². The maximum absolute atomic E-state index is 12.1. The van der Waals surface area contributed by atoms with Crippen LogP contribution in [0.1, 0.15) is 27.8 Å². The van der Waals surface area contributed by atoms with Gasteiger partial charge in [0, 0.05) is 12.6 Å². The molecule has 0 bridgehead atoms. The second-order valence-electron chi connectivity index (χ2n) is 5.88. The Bertz CT molecular complexity index is 774. The predicted molar refractivity (Wildman–Crippen MR) is 99.0 cm³/mol. The number of carbonyl (C=O) groups excluding carboxylic acids is 1. The highest BCUT2D eigenvalue weighted by Crippen LogP contribution is 2.26. The number of nitrogens with zero attached hydrogens (tertiary/aromatic N) is 1. The van der Waals surface area contributed by atoms with E-state index in [0.717, 1.165) is 22.4 Å². The van der Waals surface area contributed by atoms with Gasteiger partial charge < -0.3 is 14.9 Å². The Balaban J connectivity index is 2.33. The minimum atomic E-state index is -0.308. The van der Waals surface area contributed by atoms with E-state index in [0.29, 0.717) is 12.2 Å². The highest BCUT2D eigenvalue weighted by Gasteiger charge is 2.17. The van der Waals surface area contributed by atoms with Crippen LogP contribution in [0.5, 0.6) is 5.75 Å². The highest BCUT2D eigenvalue weighted by atomic mass is 16.6. The van der Waals surface area contributed by atoms with Gasteiger partial charge in [0.1, 0.15) is 19.5 Å². The third-order valence-electron chi connectivity index (χ3n) is 3.87. The van der Waals surface area contributed by atoms with E-state index in [2.05, 4.69) is 29.5 Å². The van der Waals surface area contributed by atoms with Crippen LogP contribution in [0.25, 0.3) is 0 Å². The fourth-order valence-electron chi connectivity index (χ4n) is 2.84. The van der Waals surface area contributed by atoms with Gasteiger partial charge in [-0.05, 0) is 37.5 Å². The van der Waals surface area contributed by atoms with Crippen molar-refractivity contribution in [3.63, 3.8) is 0 Å². The number of hydrogen-bond donors (Lipinski definition) is 1. The molecule has 2 aromatic rings. The molecule has 0 radical (unpaired) electrons. The average Bonchev–Trinajstić information content (AvgIpc) is 2.58. The van der Waals surface area contributed by atoms with Crippen molar-refractivity contribution < 1.29 is 14.4 Å². The summed E-state index contributed by atoms with van der Waals surface area (Å²) in [4.78, 5) is 16.9. The quantitative estimate of drug-likeness (QED) is 0.648. The molecule has 5 heteroatoms. The van der Waals surface area contributed by atoms with Crippen LogP contribution in [0.15, 0.2) is 41.6 Å². The van der Waals surface area contributed by atoms with Crippen LogP contribution in [-0.2, 0) is 16.2 Å². The molecule has 2 rings (SSSR count). The molecule has 2 aromatic carbocycles. The lowest BCUT2D eigenvalue weighted by Gasteiger charge is -2.15. The molecule has 0 spiro atoms. The molecule has 1 N–H and O–H groups in total. The number of hydrogen-bond acceptors (Lipinski definition) is 4. The summed E-state index contributed by atoms with van der Waals surface area (Å²) in [5.74, 6) is 0.558. The van der Waals surface area contributed by atoms with Gasteiger partial charge in [0.2, 0.25) is 0 Å². The van der Waals surface area contributed by atoms with Crippen LogP contribution < -0.4 is 10.1 Å². The Hall–Kier alpha value is -2.82. The smallest absolute Gasteiger partial charge is 0.273 e. The monoisotopic (exact) mass is 340 g/mol. The molecule has 0 fully saturated rings. The first-order valence-corrected chi connectivity index (χ1v) is 8.10. The maximum atomic E-state index is 12.1. The summed E-state index contributed by atoms with van der Waals surface area (Å²) in [6, 6.07) is 11.7. The van der Waals surface area contributed by atoms with Gasteiger partial charge in [0.05, 0.1) is 0 Å². The predicted octanol–water partition coefficient (Wildman–Crippen LogP) is 3.29. The molecular formula is C20H24N2O3. The Kier molecular flexibility index (Phi) is 6.17. The van der Waals surface area contributed by atoms with E-state index in [4.69, 9.17) is 9.57 Å². The zero-order chi connectivity index (χ0) is 18.4. The Labute approximate surface area is 148 Å². The molecule has 5 nitrogen and oxygen atoms in total. The standard InChI is InChI=1S/C20H24N2O3/c1-13-10-14(2)19(15(3)11-13)25-12-16-8-6-7-9-17(16)18(22-24-5)20(23)21-4/h6-11H,12H2,1-5H3,(H,21,23). The Morgan fingerprint density at radius 3 is 2.36 bits per heavy atom. The van der Waals surface area contributed by atoms with Gasteiger partial charge in [-0.1, -0.05) is 47.1 Å². The molecule has 0 aliphatic carbocycles. The van der Waals surface area contributed by atoms with Crippen molar-refractivity contribution in [3.05, 3.63) is 64.2 Å². The first-order chi connectivity index (χ1) is 12.0. The van der Waals surface area contributed by atoms with Crippen molar-refractivity contribution in [1.82, 2.24) is 5.32 Å². The summed E-state index contributed by atoms with van der Waals surface area (Å²) in [6.07, 6.45) is 0. The van der Waals surface area contributed by atoms with Crippen molar-refractivity contribution in [2.24, 2.45) is 5.16 Å². The number of likely N-dealkylation sites (N-methyl/N-ethyl adjacent to an activating group) is 1. The minimum absolute atomic E-state index is 0.224. The summed E-state index contributed by atoms with van der Waals surface area (Å²) < 4.78 is 6.06. The second kappa shape index (κ2) is 8.33. The number of nitrogens with one attached hydrogen (secondary N) is 1. The molecule has 0 aromatic heterocycles. The highest BCUT2D eigenvalue weighted by molar-refractivity contribution is 6.45. The van der Waals surface area contributed by atoms with Crippen LogP contribution in [0.3, 0.4) is 0 Å². The number of aryl methyl sites for hydroxylation is 3. The number of amides is 1. The third-order valence-corrected chi connectivity index (χ3v) is 3.87. The maximum Gasteiger partial charge on any atom is 0.273 e. The van der Waals surface area contributed by atoms with Crippen molar-refractivity contribution >= 4 is 11.6 Å². The Morgan fingerprint density at radius 1 is 1.12 bits per heavy atom. The van der Waals surface area contributed by atoms with Gasteiger partial charge in [-0.15, -0.1) is 0 Å². The van der Waals surface area contributed by atoms with Crippen LogP contribution in [0.2, 0.25) is 0 Å². The largest absolute Gasteiger partial charge is 0.488 e. The lowest BCUT2D eigenvalue weighted by atomic mass is 10.0. The fourth-order valence-corrected chi connectivity index (χ4v) is 2.84. The van der Waals surface area contributed by atoms with Gasteiger partial charge in [-0.2, -0.15) is 0 Å². The minimum Gasteiger partial charge on any atom is -0.488 e. The van der Waals surface area contributed by atoms with E-state index in [1.165, 1.54) is 12.7 Å². The SMILES string of the molecule is CNC(=O)C(=NOC)c1ccccc1COc1c(C)cc(C)cc1C. The molecule has 0 heterocycles. The molecule has 1 amide bonds. The van der Waals surface area contributed by atoms with Gasteiger partial charge in [0.25, 0.3) is 5.91 Å². The molecule has 0 aliphatic heterocycles. The third kappa shape index (κ3) is 4.38. The van der Waals surface area contributed by atoms with E-state index in [1.54, 1.807) is 7.05 Å². The molecule has 0 saturated heterocycles. The number of benzene rings is 2. The topological polar surface area (TPSA) is 59.9 Å². The summed E-state index contributed by atoms with van der Waals surface area (Å²) in [6.45, 7) is 6.46. The van der Waals surface area contributed by atoms with E-state index in [-0.39, 0.29) is 11.6 Å². The second-order valence-corrected chi connectivity index (χ2v) is 5.88. The number of carbonyl (C=O) groups is 1. The van der Waals surface area contributed by atoms with Gasteiger partial charge in [-0.25, -0.2) is 0 Å². The van der Waals surface area contributed by atoms with Crippen molar-refractivity contribution in [2.75, 3.05) is 14.2 Å². The Morgan fingerprint density at radius 2 is 1.76 bits per heavy atom. The zero-order valence-corrected chi connectivity index (χ0v) is 15.3. The summed E-state index contributed by atoms with van der Waals surface area (Å²) in [7, 11) is 2.98. The van der Waals surface area contributed by atoms with Crippen molar-refractivity contribution in [1.29, 1.82) is 0 Å². The molecule has 0 atom stereocenters. The first kappa shape index (κ1) is 18.5. The average molecular weight is 340 g/mol. The summed E-state index contributed by atoms with van der Waals surface area (Å²) in [5.41, 5.74) is 5.16. The fraction of sp³-hybridized carbons (Fsp3) is 0.300. The van der Waals surface area contributed by atoms with Crippen molar-refractivity contribution in [2.45, 2.75) is 27.4 Å². The van der Waals surface area contributed by atoms with Crippen molar-refractivity contribution in [3.8, 4) is 5.75 Å². The molecule has 0 unspecified atom stereocenters. The summed E-state index contributed by atoms with van der Waals surface area (Å²) in [5, 5.41) is 6.46. The molecule has 0 saturated carbocycles. The first-order valence-electron chi connectivity index (χ1n) is 8.10. The number of rotatable bonds is 6. The number of oxime groups is 1. The van der Waals surface area contributed by atoms with Crippen LogP contribution in [0, 0.1) is 20.8 Å². The van der Waals surface area contributed by atoms with E-state index < -0.39 is 0 Å². The zero-order valence-electron chi connectivity index (χ0n) is 15.3. The van der Waals surface area contributed by atoms with E-state index in [1.807, 2.05) is 38.1 Å². The molecule has 25 heavy (non-hydrogen) atoms. The molecule has 132 valence electrons. The summed E-state index contributed by atoms with van der Waals surface area (Å²) >= 11 is 0. The van der Waals surface area contributed by atoms with Gasteiger partial charge in [0.15, 0.2) is 5.71 Å². The number of ether oxygens (including phenoxy) is 1. The van der Waals surface area contributed by atoms with E-state index >= 15 is 0 Å². The van der Waals surface area contributed by atoms with Gasteiger partial charge in [-0.3, -0.25) is 4.79 Å². The lowest BCUT2D eigenvalue weighted by molar-refractivity contribution is -0.114. The van der Waals surface area contributed by atoms with Crippen LogP contribution in [-0.4, -0.2) is 25.8 Å². The normalized spacial score (nSPS) is 11.2. The molecular weight excluding hydrogens is 316 g/mol. The molecule has 0 aliphatic rings.